The van der Waals surface area contributed by atoms with Crippen molar-refractivity contribution >= 4 is 11.8 Å². The van der Waals surface area contributed by atoms with E-state index in [1.165, 1.54) is 25.0 Å². The van der Waals surface area contributed by atoms with Crippen molar-refractivity contribution in [2.24, 2.45) is 7.05 Å². The van der Waals surface area contributed by atoms with E-state index in [0.29, 0.717) is 12.1 Å². The van der Waals surface area contributed by atoms with Gasteiger partial charge in [-0.25, -0.2) is 0 Å². The second-order valence-corrected chi connectivity index (χ2v) is 5.77. The fourth-order valence-electron chi connectivity index (χ4n) is 2.55. The van der Waals surface area contributed by atoms with Crippen LogP contribution in [0.5, 0.6) is 0 Å². The highest BCUT2D eigenvalue weighted by Gasteiger charge is 2.25. The quantitative estimate of drug-likeness (QED) is 0.875. The van der Waals surface area contributed by atoms with Crippen LogP contribution in [0, 0.1) is 0 Å². The van der Waals surface area contributed by atoms with Crippen LogP contribution in [0.3, 0.4) is 0 Å². The first-order chi connectivity index (χ1) is 7.70. The molecular formula is C12H21N3S. The fourth-order valence-corrected chi connectivity index (χ4v) is 3.35. The van der Waals surface area contributed by atoms with E-state index in [1.807, 2.05) is 29.7 Å². The third kappa shape index (κ3) is 2.61. The molecule has 1 fully saturated rings. The fraction of sp³-hybridized carbons (Fsp3) is 0.750. The van der Waals surface area contributed by atoms with Gasteiger partial charge in [0, 0.05) is 30.6 Å². The minimum Gasteiger partial charge on any atom is -0.306 e. The lowest BCUT2D eigenvalue weighted by Crippen LogP contribution is -2.30. The normalized spacial score (nSPS) is 27.2. The summed E-state index contributed by atoms with van der Waals surface area (Å²) in [5.74, 6) is 0. The average molecular weight is 239 g/mol. The van der Waals surface area contributed by atoms with Crippen LogP contribution in [0.4, 0.5) is 0 Å². The highest BCUT2D eigenvalue weighted by molar-refractivity contribution is 7.99. The van der Waals surface area contributed by atoms with Gasteiger partial charge in [0.05, 0.1) is 5.69 Å². The highest BCUT2D eigenvalue weighted by atomic mass is 32.2. The van der Waals surface area contributed by atoms with Gasteiger partial charge in [0.15, 0.2) is 0 Å². The molecule has 1 aromatic rings. The van der Waals surface area contributed by atoms with Gasteiger partial charge in [-0.2, -0.15) is 16.9 Å². The standard InChI is InChI=1S/C12H21N3S/c1-9(12-6-7-13-15(12)2)14-10-4-5-11(8-10)16-3/h6-7,9-11,14H,4-5,8H2,1-3H3. The van der Waals surface area contributed by atoms with Gasteiger partial charge in [-0.3, -0.25) is 4.68 Å². The molecule has 3 unspecified atom stereocenters. The minimum absolute atomic E-state index is 0.401. The second kappa shape index (κ2) is 5.23. The molecule has 0 radical (unpaired) electrons. The zero-order valence-electron chi connectivity index (χ0n) is 10.3. The first-order valence-corrected chi connectivity index (χ1v) is 7.26. The van der Waals surface area contributed by atoms with E-state index >= 15 is 0 Å². The SMILES string of the molecule is CSC1CCC(NC(C)c2ccnn2C)C1. The Kier molecular flexibility index (Phi) is 3.92. The van der Waals surface area contributed by atoms with Crippen LogP contribution in [0.15, 0.2) is 12.3 Å². The van der Waals surface area contributed by atoms with Crippen LogP contribution in [0.1, 0.15) is 37.9 Å². The predicted molar refractivity (Wildman–Crippen MR) is 69.7 cm³/mol. The minimum atomic E-state index is 0.401. The first-order valence-electron chi connectivity index (χ1n) is 5.97. The van der Waals surface area contributed by atoms with Gasteiger partial charge < -0.3 is 5.32 Å². The van der Waals surface area contributed by atoms with E-state index in [4.69, 9.17) is 0 Å². The molecule has 0 aromatic carbocycles. The zero-order valence-corrected chi connectivity index (χ0v) is 11.1. The van der Waals surface area contributed by atoms with E-state index in [1.54, 1.807) is 0 Å². The van der Waals surface area contributed by atoms with Gasteiger partial charge in [-0.05, 0) is 38.5 Å². The molecule has 1 aromatic heterocycles. The molecule has 4 heteroatoms. The number of nitrogens with zero attached hydrogens (tertiary/aromatic N) is 2. The van der Waals surface area contributed by atoms with Crippen molar-refractivity contribution in [3.63, 3.8) is 0 Å². The predicted octanol–water partition coefficient (Wildman–Crippen LogP) is 2.35. The maximum absolute atomic E-state index is 4.22. The summed E-state index contributed by atoms with van der Waals surface area (Å²) < 4.78 is 1.96. The van der Waals surface area contributed by atoms with Crippen molar-refractivity contribution < 1.29 is 0 Å². The van der Waals surface area contributed by atoms with E-state index in [9.17, 15) is 0 Å². The van der Waals surface area contributed by atoms with Gasteiger partial charge in [0.2, 0.25) is 0 Å². The number of hydrogen-bond acceptors (Lipinski definition) is 3. The molecule has 3 nitrogen and oxygen atoms in total. The Balaban J connectivity index is 1.89. The van der Waals surface area contributed by atoms with Crippen LogP contribution in [0.25, 0.3) is 0 Å². The Hall–Kier alpha value is -0.480. The molecule has 1 N–H and O–H groups in total. The Morgan fingerprint density at radius 3 is 2.94 bits per heavy atom. The third-order valence-electron chi connectivity index (χ3n) is 3.51. The summed E-state index contributed by atoms with van der Waals surface area (Å²) in [5, 5.41) is 8.79. The number of rotatable bonds is 4. The summed E-state index contributed by atoms with van der Waals surface area (Å²) in [7, 11) is 2.01. The average Bonchev–Trinajstić information content (AvgIpc) is 2.86. The molecule has 2 rings (SSSR count). The van der Waals surface area contributed by atoms with Crippen LogP contribution < -0.4 is 5.32 Å². The van der Waals surface area contributed by atoms with E-state index in [2.05, 4.69) is 29.7 Å². The van der Waals surface area contributed by atoms with E-state index in [-0.39, 0.29) is 0 Å². The molecule has 1 heterocycles. The summed E-state index contributed by atoms with van der Waals surface area (Å²) in [6.45, 7) is 2.23. The lowest BCUT2D eigenvalue weighted by atomic mass is 10.2. The van der Waals surface area contributed by atoms with E-state index < -0.39 is 0 Å². The summed E-state index contributed by atoms with van der Waals surface area (Å²) in [5.41, 5.74) is 1.27. The number of aromatic nitrogens is 2. The van der Waals surface area contributed by atoms with Gasteiger partial charge in [-0.15, -0.1) is 0 Å². The molecule has 1 aliphatic rings. The van der Waals surface area contributed by atoms with Crippen LogP contribution >= 0.6 is 11.8 Å². The summed E-state index contributed by atoms with van der Waals surface area (Å²) >= 11 is 2.01. The highest BCUT2D eigenvalue weighted by Crippen LogP contribution is 2.29. The smallest absolute Gasteiger partial charge is 0.0547 e. The largest absolute Gasteiger partial charge is 0.306 e. The molecule has 0 bridgehead atoms. The molecular weight excluding hydrogens is 218 g/mol. The lowest BCUT2D eigenvalue weighted by molar-refractivity contribution is 0.443. The first kappa shape index (κ1) is 12.0. The van der Waals surface area contributed by atoms with Crippen LogP contribution in [-0.4, -0.2) is 27.3 Å². The molecule has 3 atom stereocenters. The Morgan fingerprint density at radius 1 is 1.56 bits per heavy atom. The summed E-state index contributed by atoms with van der Waals surface area (Å²) in [6.07, 6.45) is 8.07. The zero-order chi connectivity index (χ0) is 11.5. The van der Waals surface area contributed by atoms with Crippen molar-refractivity contribution in [3.8, 4) is 0 Å². The maximum atomic E-state index is 4.22. The molecule has 90 valence electrons. The maximum Gasteiger partial charge on any atom is 0.0547 e. The van der Waals surface area contributed by atoms with Crippen LogP contribution in [-0.2, 0) is 7.05 Å². The summed E-state index contributed by atoms with van der Waals surface area (Å²) in [6, 6.07) is 3.18. The Morgan fingerprint density at radius 2 is 2.38 bits per heavy atom. The van der Waals surface area contributed by atoms with Gasteiger partial charge in [0.1, 0.15) is 0 Å². The topological polar surface area (TPSA) is 29.9 Å². The van der Waals surface area contributed by atoms with Crippen molar-refractivity contribution in [2.75, 3.05) is 6.26 Å². The van der Waals surface area contributed by atoms with Crippen molar-refractivity contribution in [3.05, 3.63) is 18.0 Å². The number of aryl methyl sites for hydroxylation is 1. The van der Waals surface area contributed by atoms with Crippen molar-refractivity contribution in [2.45, 2.75) is 43.5 Å². The second-order valence-electron chi connectivity index (χ2n) is 4.64. The van der Waals surface area contributed by atoms with Crippen molar-refractivity contribution in [1.82, 2.24) is 15.1 Å². The molecule has 16 heavy (non-hydrogen) atoms. The van der Waals surface area contributed by atoms with Crippen molar-refractivity contribution in [1.29, 1.82) is 0 Å². The number of nitrogens with one attached hydrogen (secondary N) is 1. The van der Waals surface area contributed by atoms with Gasteiger partial charge >= 0.3 is 0 Å². The monoisotopic (exact) mass is 239 g/mol. The van der Waals surface area contributed by atoms with Gasteiger partial charge in [0.25, 0.3) is 0 Å². The lowest BCUT2D eigenvalue weighted by Gasteiger charge is -2.19. The molecule has 1 aliphatic carbocycles. The molecule has 0 aliphatic heterocycles. The molecule has 0 spiro atoms. The molecule has 0 saturated heterocycles. The molecule has 1 saturated carbocycles. The summed E-state index contributed by atoms with van der Waals surface area (Å²) in [4.78, 5) is 0. The number of thioether (sulfide) groups is 1. The molecule has 0 amide bonds. The number of hydrogen-bond donors (Lipinski definition) is 1. The Bertz CT molecular complexity index is 337. The third-order valence-corrected chi connectivity index (χ3v) is 4.60. The van der Waals surface area contributed by atoms with E-state index in [0.717, 1.165) is 5.25 Å². The Labute approximate surface area is 102 Å². The van der Waals surface area contributed by atoms with Gasteiger partial charge in [-0.1, -0.05) is 0 Å². The van der Waals surface area contributed by atoms with Crippen LogP contribution in [0.2, 0.25) is 0 Å².